The summed E-state index contributed by atoms with van der Waals surface area (Å²) >= 11 is 0. The summed E-state index contributed by atoms with van der Waals surface area (Å²) in [5, 5.41) is 4.01. The standard InChI is InChI=1S/C14H17N3O/c15-8-7-13-16-14(17-18-13)12-6-5-10-3-1-2-4-11(10)9-12/h5-6,9H,1-4,7-8,15H2. The Hall–Kier alpha value is -1.68. The van der Waals surface area contributed by atoms with Crippen LogP contribution in [0.25, 0.3) is 11.4 Å². The maximum atomic E-state index is 5.47. The second-order valence-corrected chi connectivity index (χ2v) is 4.74. The van der Waals surface area contributed by atoms with E-state index >= 15 is 0 Å². The SMILES string of the molecule is NCCc1nc(-c2ccc3c(c2)CCCC3)no1. The number of nitrogens with two attached hydrogens (primary N) is 1. The van der Waals surface area contributed by atoms with Gasteiger partial charge < -0.3 is 10.3 Å². The highest BCUT2D eigenvalue weighted by Gasteiger charge is 2.13. The number of hydrogen-bond donors (Lipinski definition) is 1. The molecule has 1 aliphatic carbocycles. The minimum atomic E-state index is 0.534. The predicted molar refractivity (Wildman–Crippen MR) is 69.1 cm³/mol. The largest absolute Gasteiger partial charge is 0.339 e. The van der Waals surface area contributed by atoms with Crippen molar-refractivity contribution in [3.8, 4) is 11.4 Å². The molecule has 1 aliphatic rings. The van der Waals surface area contributed by atoms with Gasteiger partial charge in [0.25, 0.3) is 0 Å². The molecule has 0 saturated carbocycles. The third kappa shape index (κ3) is 2.16. The van der Waals surface area contributed by atoms with E-state index in [1.807, 2.05) is 0 Å². The second-order valence-electron chi connectivity index (χ2n) is 4.74. The van der Waals surface area contributed by atoms with Gasteiger partial charge in [0.2, 0.25) is 11.7 Å². The molecule has 0 amide bonds. The molecule has 4 nitrogen and oxygen atoms in total. The van der Waals surface area contributed by atoms with Gasteiger partial charge in [-0.1, -0.05) is 17.3 Å². The number of aryl methyl sites for hydroxylation is 2. The van der Waals surface area contributed by atoms with Crippen molar-refractivity contribution in [2.45, 2.75) is 32.1 Å². The maximum absolute atomic E-state index is 5.47. The van der Waals surface area contributed by atoms with E-state index in [1.54, 1.807) is 0 Å². The summed E-state index contributed by atoms with van der Waals surface area (Å²) < 4.78 is 5.16. The lowest BCUT2D eigenvalue weighted by Crippen LogP contribution is -2.03. The Kier molecular flexibility index (Phi) is 3.11. The summed E-state index contributed by atoms with van der Waals surface area (Å²) in [5.41, 5.74) is 9.42. The maximum Gasteiger partial charge on any atom is 0.228 e. The van der Waals surface area contributed by atoms with Crippen LogP contribution in [0.1, 0.15) is 29.9 Å². The molecule has 4 heteroatoms. The molecule has 0 aliphatic heterocycles. The number of hydrogen-bond acceptors (Lipinski definition) is 4. The van der Waals surface area contributed by atoms with Crippen molar-refractivity contribution in [3.05, 3.63) is 35.2 Å². The van der Waals surface area contributed by atoms with Gasteiger partial charge in [0, 0.05) is 18.5 Å². The van der Waals surface area contributed by atoms with E-state index in [1.165, 1.54) is 30.4 Å². The molecule has 1 heterocycles. The summed E-state index contributed by atoms with van der Waals surface area (Å²) in [7, 11) is 0. The first-order valence-corrected chi connectivity index (χ1v) is 6.51. The highest BCUT2D eigenvalue weighted by Crippen LogP contribution is 2.26. The molecule has 0 unspecified atom stereocenters. The second kappa shape index (κ2) is 4.90. The lowest BCUT2D eigenvalue weighted by molar-refractivity contribution is 0.380. The number of benzene rings is 1. The Labute approximate surface area is 106 Å². The summed E-state index contributed by atoms with van der Waals surface area (Å²) in [6.45, 7) is 0.534. The Morgan fingerprint density at radius 1 is 1.17 bits per heavy atom. The van der Waals surface area contributed by atoms with E-state index in [-0.39, 0.29) is 0 Å². The quantitative estimate of drug-likeness (QED) is 0.896. The minimum absolute atomic E-state index is 0.534. The smallest absolute Gasteiger partial charge is 0.228 e. The van der Waals surface area contributed by atoms with Crippen LogP contribution < -0.4 is 5.73 Å². The van der Waals surface area contributed by atoms with Crippen molar-refractivity contribution in [1.29, 1.82) is 0 Å². The van der Waals surface area contributed by atoms with E-state index in [4.69, 9.17) is 10.3 Å². The highest BCUT2D eigenvalue weighted by atomic mass is 16.5. The molecule has 0 spiro atoms. The fourth-order valence-electron chi connectivity index (χ4n) is 2.47. The van der Waals surface area contributed by atoms with Crippen LogP contribution in [0, 0.1) is 0 Å². The van der Waals surface area contributed by atoms with E-state index < -0.39 is 0 Å². The molecular weight excluding hydrogens is 226 g/mol. The van der Waals surface area contributed by atoms with Crippen LogP contribution in [0.2, 0.25) is 0 Å². The first-order chi connectivity index (χ1) is 8.86. The average molecular weight is 243 g/mol. The first kappa shape index (κ1) is 11.4. The van der Waals surface area contributed by atoms with E-state index in [0.29, 0.717) is 24.7 Å². The van der Waals surface area contributed by atoms with Crippen molar-refractivity contribution >= 4 is 0 Å². The molecule has 0 saturated heterocycles. The van der Waals surface area contributed by atoms with Crippen LogP contribution >= 0.6 is 0 Å². The number of fused-ring (bicyclic) bond motifs is 1. The molecule has 1 aromatic carbocycles. The number of aromatic nitrogens is 2. The highest BCUT2D eigenvalue weighted by molar-refractivity contribution is 5.57. The normalized spacial score (nSPS) is 14.5. The Morgan fingerprint density at radius 3 is 2.83 bits per heavy atom. The van der Waals surface area contributed by atoms with Crippen molar-refractivity contribution in [2.75, 3.05) is 6.54 Å². The fraction of sp³-hybridized carbons (Fsp3) is 0.429. The summed E-state index contributed by atoms with van der Waals surface area (Å²) in [5.74, 6) is 1.29. The first-order valence-electron chi connectivity index (χ1n) is 6.51. The van der Waals surface area contributed by atoms with Crippen molar-refractivity contribution < 1.29 is 4.52 Å². The van der Waals surface area contributed by atoms with E-state index in [0.717, 1.165) is 12.0 Å². The summed E-state index contributed by atoms with van der Waals surface area (Å²) in [4.78, 5) is 4.36. The molecule has 3 rings (SSSR count). The third-order valence-electron chi connectivity index (χ3n) is 3.43. The molecular formula is C14H17N3O. The lowest BCUT2D eigenvalue weighted by Gasteiger charge is -2.15. The topological polar surface area (TPSA) is 64.9 Å². The van der Waals surface area contributed by atoms with Crippen LogP contribution in [0.5, 0.6) is 0 Å². The fourth-order valence-corrected chi connectivity index (χ4v) is 2.47. The Balaban J connectivity index is 1.91. The summed E-state index contributed by atoms with van der Waals surface area (Å²) in [6, 6.07) is 6.48. The Bertz CT molecular complexity index is 548. The average Bonchev–Trinajstić information content (AvgIpc) is 2.87. The van der Waals surface area contributed by atoms with Crippen LogP contribution in [0.4, 0.5) is 0 Å². The zero-order valence-electron chi connectivity index (χ0n) is 10.4. The van der Waals surface area contributed by atoms with Gasteiger partial charge in [-0.25, -0.2) is 0 Å². The van der Waals surface area contributed by atoms with Gasteiger partial charge in [-0.15, -0.1) is 0 Å². The van der Waals surface area contributed by atoms with Gasteiger partial charge in [-0.2, -0.15) is 4.98 Å². The number of rotatable bonds is 3. The molecule has 2 N–H and O–H groups in total. The van der Waals surface area contributed by atoms with Gasteiger partial charge in [0.05, 0.1) is 0 Å². The third-order valence-corrected chi connectivity index (χ3v) is 3.43. The van der Waals surface area contributed by atoms with Crippen LogP contribution in [0.15, 0.2) is 22.7 Å². The molecule has 94 valence electrons. The van der Waals surface area contributed by atoms with Crippen molar-refractivity contribution in [3.63, 3.8) is 0 Å². The molecule has 2 aromatic rings. The van der Waals surface area contributed by atoms with E-state index in [2.05, 4.69) is 28.3 Å². The zero-order valence-corrected chi connectivity index (χ0v) is 10.4. The number of nitrogens with zero attached hydrogens (tertiary/aromatic N) is 2. The molecule has 0 atom stereocenters. The van der Waals surface area contributed by atoms with Crippen LogP contribution in [-0.4, -0.2) is 16.7 Å². The predicted octanol–water partition coefficient (Wildman–Crippen LogP) is 2.12. The van der Waals surface area contributed by atoms with Gasteiger partial charge in [0.15, 0.2) is 0 Å². The van der Waals surface area contributed by atoms with Crippen molar-refractivity contribution in [2.24, 2.45) is 5.73 Å². The van der Waals surface area contributed by atoms with Gasteiger partial charge in [-0.3, -0.25) is 0 Å². The van der Waals surface area contributed by atoms with Gasteiger partial charge in [-0.05, 0) is 42.9 Å². The monoisotopic (exact) mass is 243 g/mol. The van der Waals surface area contributed by atoms with Crippen molar-refractivity contribution in [1.82, 2.24) is 10.1 Å². The van der Waals surface area contributed by atoms with Gasteiger partial charge >= 0.3 is 0 Å². The van der Waals surface area contributed by atoms with Crippen LogP contribution in [0.3, 0.4) is 0 Å². The molecule has 0 fully saturated rings. The lowest BCUT2D eigenvalue weighted by atomic mass is 9.90. The molecule has 18 heavy (non-hydrogen) atoms. The molecule has 0 bridgehead atoms. The minimum Gasteiger partial charge on any atom is -0.339 e. The summed E-state index contributed by atoms with van der Waals surface area (Å²) in [6.07, 6.45) is 5.57. The van der Waals surface area contributed by atoms with E-state index in [9.17, 15) is 0 Å². The molecule has 0 radical (unpaired) electrons. The molecule has 1 aromatic heterocycles. The Morgan fingerprint density at radius 2 is 2.00 bits per heavy atom. The zero-order chi connectivity index (χ0) is 12.4. The van der Waals surface area contributed by atoms with Gasteiger partial charge in [0.1, 0.15) is 0 Å². The van der Waals surface area contributed by atoms with Crippen LogP contribution in [-0.2, 0) is 19.3 Å².